The zero-order valence-electron chi connectivity index (χ0n) is 22.0. The van der Waals surface area contributed by atoms with Crippen molar-refractivity contribution in [1.82, 2.24) is 0 Å². The second-order valence-electron chi connectivity index (χ2n) is 9.92. The van der Waals surface area contributed by atoms with Crippen molar-refractivity contribution in [2.24, 2.45) is 0 Å². The highest BCUT2D eigenvalue weighted by Crippen LogP contribution is 2.16. The zero-order chi connectivity index (χ0) is 22.2. The van der Waals surface area contributed by atoms with E-state index in [2.05, 4.69) is 20.8 Å². The van der Waals surface area contributed by atoms with Gasteiger partial charge in [0.15, 0.2) is 0 Å². The van der Waals surface area contributed by atoms with Gasteiger partial charge in [-0.25, -0.2) is 0 Å². The van der Waals surface area contributed by atoms with E-state index in [0.29, 0.717) is 6.61 Å². The quantitative estimate of drug-likeness (QED) is 0.125. The Morgan fingerprint density at radius 3 is 0.968 bits per heavy atom. The first-order valence-corrected chi connectivity index (χ1v) is 14.2. The summed E-state index contributed by atoms with van der Waals surface area (Å²) in [5.74, 6) is 0. The van der Waals surface area contributed by atoms with Gasteiger partial charge in [-0.2, -0.15) is 0 Å². The summed E-state index contributed by atoms with van der Waals surface area (Å²) in [6, 6.07) is 0. The fraction of sp³-hybridized carbons (Fsp3) is 1.00. The Kier molecular flexibility index (Phi) is 28.9. The minimum atomic E-state index is 0. The van der Waals surface area contributed by atoms with Crippen LogP contribution in [0, 0.1) is 0 Å². The molecule has 0 atom stereocenters. The van der Waals surface area contributed by atoms with E-state index in [1.807, 2.05) is 0 Å². The lowest BCUT2D eigenvalue weighted by atomic mass is 10.1. The summed E-state index contributed by atoms with van der Waals surface area (Å²) in [5.41, 5.74) is 0. The minimum Gasteiger partial charge on any atom is -1.00 e. The third-order valence-electron chi connectivity index (χ3n) is 7.22. The van der Waals surface area contributed by atoms with Crippen molar-refractivity contribution < 1.29 is 26.6 Å². The molecule has 0 aromatic heterocycles. The van der Waals surface area contributed by atoms with Gasteiger partial charge >= 0.3 is 0 Å². The number of aliphatic hydroxyl groups is 1. The number of aliphatic hydroxyl groups excluding tert-OH is 1. The van der Waals surface area contributed by atoms with Crippen LogP contribution in [-0.4, -0.2) is 42.4 Å². The number of hydrogen-bond acceptors (Lipinski definition) is 1. The molecule has 0 fully saturated rings. The van der Waals surface area contributed by atoms with Gasteiger partial charge in [0.1, 0.15) is 6.54 Å². The third-order valence-corrected chi connectivity index (χ3v) is 7.22. The number of nitrogens with zero attached hydrogens (tertiary/aromatic N) is 1. The first kappa shape index (κ1) is 33.6. The molecule has 0 saturated carbocycles. The SMILES string of the molecule is CCCCCCCCCCCC[N+](CC)(CCO)CCCCCCCCCCCC.[Br-]. The van der Waals surface area contributed by atoms with Crippen molar-refractivity contribution >= 4 is 0 Å². The molecule has 0 aliphatic carbocycles. The first-order valence-electron chi connectivity index (χ1n) is 14.2. The molecule has 190 valence electrons. The normalized spacial score (nSPS) is 11.6. The van der Waals surface area contributed by atoms with E-state index in [1.165, 1.54) is 148 Å². The van der Waals surface area contributed by atoms with Gasteiger partial charge in [0.2, 0.25) is 0 Å². The van der Waals surface area contributed by atoms with Crippen molar-refractivity contribution in [2.45, 2.75) is 149 Å². The van der Waals surface area contributed by atoms with E-state index in [4.69, 9.17) is 0 Å². The molecule has 0 aromatic rings. The van der Waals surface area contributed by atoms with Gasteiger partial charge in [0.25, 0.3) is 0 Å². The molecule has 31 heavy (non-hydrogen) atoms. The molecule has 1 N–H and O–H groups in total. The predicted octanol–water partition coefficient (Wildman–Crippen LogP) is 5.66. The molecule has 0 radical (unpaired) electrons. The van der Waals surface area contributed by atoms with Crippen molar-refractivity contribution in [2.75, 3.05) is 32.8 Å². The van der Waals surface area contributed by atoms with Crippen LogP contribution in [0.25, 0.3) is 0 Å². The highest BCUT2D eigenvalue weighted by molar-refractivity contribution is 4.52. The summed E-state index contributed by atoms with van der Waals surface area (Å²) >= 11 is 0. The first-order chi connectivity index (χ1) is 14.7. The van der Waals surface area contributed by atoms with E-state index in [1.54, 1.807) is 0 Å². The molecule has 0 aliphatic rings. The monoisotopic (exact) mass is 505 g/mol. The third kappa shape index (κ3) is 22.0. The van der Waals surface area contributed by atoms with Crippen LogP contribution in [0.4, 0.5) is 0 Å². The zero-order valence-corrected chi connectivity index (χ0v) is 23.5. The molecule has 2 nitrogen and oxygen atoms in total. The maximum absolute atomic E-state index is 9.64. The maximum Gasteiger partial charge on any atom is 0.102 e. The lowest BCUT2D eigenvalue weighted by Gasteiger charge is -2.37. The minimum absolute atomic E-state index is 0. The van der Waals surface area contributed by atoms with Crippen LogP contribution in [0.5, 0.6) is 0 Å². The second-order valence-corrected chi connectivity index (χ2v) is 9.92. The van der Waals surface area contributed by atoms with Crippen molar-refractivity contribution in [3.63, 3.8) is 0 Å². The fourth-order valence-electron chi connectivity index (χ4n) is 4.89. The van der Waals surface area contributed by atoms with Crippen molar-refractivity contribution in [3.8, 4) is 0 Å². The topological polar surface area (TPSA) is 20.2 Å². The molecule has 0 bridgehead atoms. The standard InChI is InChI=1S/C28H60NO.BrH/c1-4-7-9-11-13-15-17-19-21-23-25-29(6-3,27-28-30)26-24-22-20-18-16-14-12-10-8-5-2;/h30H,4-28H2,1-3H3;1H/q+1;/p-1. The van der Waals surface area contributed by atoms with Gasteiger partial charge < -0.3 is 26.6 Å². The van der Waals surface area contributed by atoms with Crippen LogP contribution in [0.3, 0.4) is 0 Å². The molecule has 3 heteroatoms. The number of likely N-dealkylation sites (N-methyl/N-ethyl adjacent to an activating group) is 1. The largest absolute Gasteiger partial charge is 1.00 e. The molecule has 0 spiro atoms. The van der Waals surface area contributed by atoms with Crippen LogP contribution in [-0.2, 0) is 0 Å². The molecular weight excluding hydrogens is 446 g/mol. The van der Waals surface area contributed by atoms with Gasteiger partial charge in [-0.1, -0.05) is 117 Å². The molecule has 0 rings (SSSR count). The molecular formula is C28H60BrNO. The number of unbranched alkanes of at least 4 members (excludes halogenated alkanes) is 18. The summed E-state index contributed by atoms with van der Waals surface area (Å²) in [7, 11) is 0. The average Bonchev–Trinajstić information content (AvgIpc) is 2.76. The van der Waals surface area contributed by atoms with Gasteiger partial charge in [0.05, 0.1) is 26.2 Å². The van der Waals surface area contributed by atoms with E-state index in [0.717, 1.165) is 11.0 Å². The van der Waals surface area contributed by atoms with Gasteiger partial charge in [-0.3, -0.25) is 0 Å². The summed E-state index contributed by atoms with van der Waals surface area (Å²) in [6.45, 7) is 12.0. The summed E-state index contributed by atoms with van der Waals surface area (Å²) in [4.78, 5) is 0. The van der Waals surface area contributed by atoms with Crippen molar-refractivity contribution in [3.05, 3.63) is 0 Å². The van der Waals surface area contributed by atoms with Crippen LogP contribution >= 0.6 is 0 Å². The summed E-state index contributed by atoms with van der Waals surface area (Å²) in [5, 5.41) is 9.64. The van der Waals surface area contributed by atoms with Gasteiger partial charge in [-0.05, 0) is 32.6 Å². The number of halogens is 1. The predicted molar refractivity (Wildman–Crippen MR) is 136 cm³/mol. The Hall–Kier alpha value is 0.400. The molecule has 0 unspecified atom stereocenters. The Morgan fingerprint density at radius 2 is 0.710 bits per heavy atom. The Labute approximate surface area is 208 Å². The van der Waals surface area contributed by atoms with Crippen LogP contribution in [0.2, 0.25) is 0 Å². The lowest BCUT2D eigenvalue weighted by molar-refractivity contribution is -0.927. The van der Waals surface area contributed by atoms with E-state index in [-0.39, 0.29) is 17.0 Å². The fourth-order valence-corrected chi connectivity index (χ4v) is 4.89. The molecule has 0 saturated heterocycles. The Bertz CT molecular complexity index is 300. The lowest BCUT2D eigenvalue weighted by Crippen LogP contribution is -3.00. The smallest absolute Gasteiger partial charge is 0.102 e. The van der Waals surface area contributed by atoms with Gasteiger partial charge in [-0.15, -0.1) is 0 Å². The number of hydrogen-bond donors (Lipinski definition) is 1. The molecule has 0 amide bonds. The summed E-state index contributed by atoms with van der Waals surface area (Å²) < 4.78 is 1.16. The number of rotatable bonds is 25. The second kappa shape index (κ2) is 26.7. The summed E-state index contributed by atoms with van der Waals surface area (Å²) in [6.07, 6.45) is 28.2. The highest BCUT2D eigenvalue weighted by Gasteiger charge is 2.23. The molecule has 0 aliphatic heterocycles. The van der Waals surface area contributed by atoms with E-state index in [9.17, 15) is 5.11 Å². The maximum atomic E-state index is 9.64. The Balaban J connectivity index is 0. The molecule has 0 aromatic carbocycles. The number of quaternary nitrogens is 1. The molecule has 0 heterocycles. The highest BCUT2D eigenvalue weighted by atomic mass is 79.9. The van der Waals surface area contributed by atoms with Gasteiger partial charge in [0, 0.05) is 0 Å². The Morgan fingerprint density at radius 1 is 0.419 bits per heavy atom. The van der Waals surface area contributed by atoms with Crippen LogP contribution < -0.4 is 17.0 Å². The van der Waals surface area contributed by atoms with E-state index >= 15 is 0 Å². The van der Waals surface area contributed by atoms with E-state index < -0.39 is 0 Å². The van der Waals surface area contributed by atoms with Crippen LogP contribution in [0.1, 0.15) is 149 Å². The van der Waals surface area contributed by atoms with Crippen LogP contribution in [0.15, 0.2) is 0 Å². The van der Waals surface area contributed by atoms with Crippen molar-refractivity contribution in [1.29, 1.82) is 0 Å². The average molecular weight is 507 g/mol.